The van der Waals surface area contributed by atoms with Crippen molar-refractivity contribution in [2.75, 3.05) is 10.6 Å². The number of halogens is 3. The quantitative estimate of drug-likeness (QED) is 0.421. The first-order valence-electron chi connectivity index (χ1n) is 9.46. The summed E-state index contributed by atoms with van der Waals surface area (Å²) in [6.45, 7) is 3.33. The molecule has 0 radical (unpaired) electrons. The predicted octanol–water partition coefficient (Wildman–Crippen LogP) is 4.78. The number of hydrogen-bond donors (Lipinski definition) is 2. The van der Waals surface area contributed by atoms with Crippen molar-refractivity contribution in [1.82, 2.24) is 20.2 Å². The number of nitrogens with zero attached hydrogens (tertiary/aromatic N) is 4. The highest BCUT2D eigenvalue weighted by Gasteiger charge is 2.18. The number of anilines is 2. The lowest BCUT2D eigenvalue weighted by Crippen LogP contribution is -2.12. The van der Waals surface area contributed by atoms with Crippen LogP contribution in [0.4, 0.5) is 19.5 Å². The van der Waals surface area contributed by atoms with Crippen molar-refractivity contribution in [2.45, 2.75) is 13.8 Å². The maximum absolute atomic E-state index is 14.3. The van der Waals surface area contributed by atoms with E-state index in [9.17, 15) is 18.4 Å². The van der Waals surface area contributed by atoms with Gasteiger partial charge in [0.2, 0.25) is 0 Å². The summed E-state index contributed by atoms with van der Waals surface area (Å²) in [6.07, 6.45) is 0. The van der Waals surface area contributed by atoms with Crippen LogP contribution in [0, 0.1) is 25.5 Å². The van der Waals surface area contributed by atoms with Crippen molar-refractivity contribution in [3.05, 3.63) is 81.0 Å². The number of rotatable bonds is 5. The summed E-state index contributed by atoms with van der Waals surface area (Å²) in [5.74, 6) is -1.70. The van der Waals surface area contributed by atoms with Gasteiger partial charge < -0.3 is 10.6 Å². The van der Waals surface area contributed by atoms with Gasteiger partial charge in [-0.05, 0) is 72.3 Å². The zero-order valence-electron chi connectivity index (χ0n) is 17.2. The molecule has 2 N–H and O–H groups in total. The summed E-state index contributed by atoms with van der Waals surface area (Å²) >= 11 is 6.99. The van der Waals surface area contributed by atoms with Gasteiger partial charge in [-0.25, -0.2) is 8.78 Å². The zero-order valence-corrected chi connectivity index (χ0v) is 18.8. The van der Waals surface area contributed by atoms with Crippen LogP contribution >= 0.6 is 22.9 Å². The Kier molecular flexibility index (Phi) is 6.16. The van der Waals surface area contributed by atoms with Crippen LogP contribution in [0.15, 0.2) is 42.5 Å². The number of carbonyl (C=O) groups is 2. The van der Waals surface area contributed by atoms with Crippen molar-refractivity contribution in [3.63, 3.8) is 0 Å². The van der Waals surface area contributed by atoms with Crippen LogP contribution in [0.5, 0.6) is 0 Å². The van der Waals surface area contributed by atoms with Crippen LogP contribution in [0.3, 0.4) is 0 Å². The number of hydrogen-bond acceptors (Lipinski definition) is 6. The lowest BCUT2D eigenvalue weighted by Gasteiger charge is -2.08. The molecule has 0 saturated carbocycles. The average Bonchev–Trinajstić information content (AvgIpc) is 3.34. The van der Waals surface area contributed by atoms with Gasteiger partial charge in [0, 0.05) is 5.69 Å². The fraction of sp³-hybridized carbons (Fsp3) is 0.0952. The van der Waals surface area contributed by atoms with Crippen LogP contribution in [0.1, 0.15) is 31.4 Å². The topological polar surface area (TPSA) is 102 Å². The Hall–Kier alpha value is -3.70. The first-order valence-corrected chi connectivity index (χ1v) is 10.7. The van der Waals surface area contributed by atoms with Gasteiger partial charge in [0.15, 0.2) is 5.82 Å². The number of nitrogens with one attached hydrogen (secondary N) is 2. The largest absolute Gasteiger partial charge is 0.321 e. The van der Waals surface area contributed by atoms with E-state index in [1.807, 2.05) is 0 Å². The molecule has 33 heavy (non-hydrogen) atoms. The summed E-state index contributed by atoms with van der Waals surface area (Å²) in [5.41, 5.74) is 1.15. The van der Waals surface area contributed by atoms with Gasteiger partial charge >= 0.3 is 0 Å². The van der Waals surface area contributed by atoms with Crippen LogP contribution in [-0.2, 0) is 0 Å². The highest BCUT2D eigenvalue weighted by Crippen LogP contribution is 2.29. The summed E-state index contributed by atoms with van der Waals surface area (Å²) in [6, 6.07) is 9.12. The third-order valence-corrected chi connectivity index (χ3v) is 6.06. The van der Waals surface area contributed by atoms with Gasteiger partial charge in [-0.3, -0.25) is 9.59 Å². The molecule has 0 fully saturated rings. The normalized spacial score (nSPS) is 10.8. The number of thiophene rings is 1. The van der Waals surface area contributed by atoms with Crippen molar-refractivity contribution in [1.29, 1.82) is 0 Å². The number of amides is 2. The van der Waals surface area contributed by atoms with E-state index in [1.165, 1.54) is 28.9 Å². The number of aromatic nitrogens is 4. The third-order valence-electron chi connectivity index (χ3n) is 4.59. The smallest absolute Gasteiger partial charge is 0.266 e. The minimum Gasteiger partial charge on any atom is -0.321 e. The fourth-order valence-electron chi connectivity index (χ4n) is 3.02. The van der Waals surface area contributed by atoms with Crippen molar-refractivity contribution >= 4 is 45.4 Å². The van der Waals surface area contributed by atoms with E-state index in [0.29, 0.717) is 27.0 Å². The minimum absolute atomic E-state index is 0.0244. The van der Waals surface area contributed by atoms with E-state index >= 15 is 0 Å². The van der Waals surface area contributed by atoms with E-state index in [-0.39, 0.29) is 16.3 Å². The molecular formula is C21H15ClF2N6O2S. The van der Waals surface area contributed by atoms with Crippen molar-refractivity contribution in [3.8, 4) is 5.69 Å². The molecule has 0 unspecified atom stereocenters. The molecule has 0 spiro atoms. The minimum atomic E-state index is -0.555. The molecule has 2 aromatic carbocycles. The second-order valence-corrected chi connectivity index (χ2v) is 8.42. The van der Waals surface area contributed by atoms with Gasteiger partial charge in [0.05, 0.1) is 20.5 Å². The van der Waals surface area contributed by atoms with Crippen LogP contribution in [-0.4, -0.2) is 32.0 Å². The molecule has 8 nitrogen and oxygen atoms in total. The van der Waals surface area contributed by atoms with Gasteiger partial charge in [-0.15, -0.1) is 16.4 Å². The lowest BCUT2D eigenvalue weighted by molar-refractivity contribution is 0.102. The van der Waals surface area contributed by atoms with Crippen LogP contribution in [0.2, 0.25) is 5.02 Å². The van der Waals surface area contributed by atoms with Gasteiger partial charge in [-0.1, -0.05) is 11.6 Å². The standard InChI is InChI=1S/C21H15ClF2N6O2S/c1-10-7-18(26-20(31)14-5-3-12(23)8-15(14)22)33-19(10)21(32)25-13-4-6-16(24)17(9-13)30-11(2)27-28-29-30/h3-9H,1-2H3,(H,25,32)(H,26,31). The highest BCUT2D eigenvalue weighted by molar-refractivity contribution is 7.18. The molecule has 4 aromatic rings. The van der Waals surface area contributed by atoms with E-state index in [4.69, 9.17) is 11.6 Å². The Labute approximate surface area is 195 Å². The maximum Gasteiger partial charge on any atom is 0.266 e. The van der Waals surface area contributed by atoms with Gasteiger partial charge in [0.25, 0.3) is 11.8 Å². The van der Waals surface area contributed by atoms with Crippen LogP contribution < -0.4 is 10.6 Å². The first-order chi connectivity index (χ1) is 15.7. The van der Waals surface area contributed by atoms with Crippen molar-refractivity contribution < 1.29 is 18.4 Å². The monoisotopic (exact) mass is 488 g/mol. The molecule has 0 atom stereocenters. The molecule has 2 aromatic heterocycles. The molecule has 12 heteroatoms. The molecule has 2 heterocycles. The summed E-state index contributed by atoms with van der Waals surface area (Å²) in [4.78, 5) is 25.6. The van der Waals surface area contributed by atoms with E-state index in [1.54, 1.807) is 19.9 Å². The molecule has 168 valence electrons. The third kappa shape index (κ3) is 4.73. The first kappa shape index (κ1) is 22.5. The van der Waals surface area contributed by atoms with E-state index in [2.05, 4.69) is 26.2 Å². The second kappa shape index (κ2) is 9.04. The SMILES string of the molecule is Cc1cc(NC(=O)c2ccc(F)cc2Cl)sc1C(=O)Nc1ccc(F)c(-n2nnnc2C)c1. The zero-order chi connectivity index (χ0) is 23.7. The Morgan fingerprint density at radius 2 is 1.82 bits per heavy atom. The van der Waals surface area contributed by atoms with Crippen LogP contribution in [0.25, 0.3) is 5.69 Å². The summed E-state index contributed by atoms with van der Waals surface area (Å²) in [5, 5.41) is 16.7. The maximum atomic E-state index is 14.3. The molecule has 2 amide bonds. The number of benzene rings is 2. The average molecular weight is 489 g/mol. The molecule has 4 rings (SSSR count). The second-order valence-electron chi connectivity index (χ2n) is 6.96. The molecule has 0 aliphatic rings. The van der Waals surface area contributed by atoms with Gasteiger partial charge in [-0.2, -0.15) is 4.68 Å². The predicted molar refractivity (Wildman–Crippen MR) is 120 cm³/mol. The lowest BCUT2D eigenvalue weighted by atomic mass is 10.2. The number of aryl methyl sites for hydroxylation is 2. The van der Waals surface area contributed by atoms with Gasteiger partial charge in [0.1, 0.15) is 17.3 Å². The molecule has 0 aliphatic heterocycles. The number of tetrazole rings is 1. The summed E-state index contributed by atoms with van der Waals surface area (Å²) in [7, 11) is 0. The molecular weight excluding hydrogens is 474 g/mol. The fourth-order valence-corrected chi connectivity index (χ4v) is 4.23. The molecule has 0 bridgehead atoms. The highest BCUT2D eigenvalue weighted by atomic mass is 35.5. The Bertz CT molecular complexity index is 1390. The summed E-state index contributed by atoms with van der Waals surface area (Å²) < 4.78 is 28.7. The Morgan fingerprint density at radius 1 is 1.03 bits per heavy atom. The van der Waals surface area contributed by atoms with E-state index in [0.717, 1.165) is 23.5 Å². The Morgan fingerprint density at radius 3 is 2.52 bits per heavy atom. The Balaban J connectivity index is 1.52. The van der Waals surface area contributed by atoms with E-state index < -0.39 is 23.4 Å². The van der Waals surface area contributed by atoms with Crippen molar-refractivity contribution in [2.24, 2.45) is 0 Å². The molecule has 0 saturated heterocycles. The number of carbonyl (C=O) groups excluding carboxylic acids is 2. The molecule has 0 aliphatic carbocycles.